The van der Waals surface area contributed by atoms with Crippen molar-refractivity contribution in [2.24, 2.45) is 0 Å². The number of nitrogens with one attached hydrogen (secondary N) is 1. The Morgan fingerprint density at radius 2 is 2.30 bits per heavy atom. The molecule has 2 rings (SSSR count). The second-order valence-corrected chi connectivity index (χ2v) is 8.04. The molecular weight excluding hydrogens is 298 g/mol. The first-order chi connectivity index (χ1) is 9.53. The van der Waals surface area contributed by atoms with Gasteiger partial charge in [0, 0.05) is 22.9 Å². The van der Waals surface area contributed by atoms with Gasteiger partial charge in [-0.05, 0) is 38.7 Å². The van der Waals surface area contributed by atoms with Crippen LogP contribution in [0.2, 0.25) is 0 Å². The predicted molar refractivity (Wildman–Crippen MR) is 78.4 cm³/mol. The predicted octanol–water partition coefficient (Wildman–Crippen LogP) is 1.79. The molecule has 1 aromatic heterocycles. The minimum atomic E-state index is -3.49. The van der Waals surface area contributed by atoms with E-state index in [9.17, 15) is 8.42 Å². The maximum absolute atomic E-state index is 12.2. The second-order valence-electron chi connectivity index (χ2n) is 4.97. The Hall–Kier alpha value is -0.470. The van der Waals surface area contributed by atoms with Crippen molar-refractivity contribution in [1.29, 1.82) is 0 Å². The van der Waals surface area contributed by atoms with Gasteiger partial charge in [-0.1, -0.05) is 0 Å². The van der Waals surface area contributed by atoms with E-state index in [1.165, 1.54) is 11.3 Å². The summed E-state index contributed by atoms with van der Waals surface area (Å²) in [7, 11) is -3.49. The van der Waals surface area contributed by atoms with Crippen molar-refractivity contribution >= 4 is 21.4 Å². The SMILES string of the molecule is Cc1sc(CO)cc1S(=O)(=O)NCCC1CCCCO1. The van der Waals surface area contributed by atoms with Gasteiger partial charge in [0.25, 0.3) is 0 Å². The van der Waals surface area contributed by atoms with Crippen LogP contribution in [-0.2, 0) is 21.4 Å². The summed E-state index contributed by atoms with van der Waals surface area (Å²) in [5.74, 6) is 0. The van der Waals surface area contributed by atoms with Gasteiger partial charge in [-0.25, -0.2) is 13.1 Å². The van der Waals surface area contributed by atoms with Crippen molar-refractivity contribution in [1.82, 2.24) is 4.72 Å². The Kier molecular flexibility index (Phi) is 5.57. The van der Waals surface area contributed by atoms with Crippen LogP contribution in [0.4, 0.5) is 0 Å². The second kappa shape index (κ2) is 7.00. The summed E-state index contributed by atoms with van der Waals surface area (Å²) < 4.78 is 32.6. The molecule has 2 heterocycles. The molecule has 0 saturated carbocycles. The van der Waals surface area contributed by atoms with Gasteiger partial charge >= 0.3 is 0 Å². The van der Waals surface area contributed by atoms with Crippen molar-refractivity contribution < 1.29 is 18.3 Å². The van der Waals surface area contributed by atoms with Gasteiger partial charge in [-0.15, -0.1) is 11.3 Å². The highest BCUT2D eigenvalue weighted by molar-refractivity contribution is 7.89. The lowest BCUT2D eigenvalue weighted by molar-refractivity contribution is 0.0123. The number of hydrogen-bond donors (Lipinski definition) is 2. The Balaban J connectivity index is 1.91. The fourth-order valence-electron chi connectivity index (χ4n) is 2.34. The minimum absolute atomic E-state index is 0.128. The Morgan fingerprint density at radius 1 is 1.50 bits per heavy atom. The molecular formula is C13H21NO4S2. The number of hydrogen-bond acceptors (Lipinski definition) is 5. The molecule has 1 saturated heterocycles. The lowest BCUT2D eigenvalue weighted by atomic mass is 10.1. The molecule has 1 unspecified atom stereocenters. The van der Waals surface area contributed by atoms with Gasteiger partial charge in [0.2, 0.25) is 10.0 Å². The number of thiophene rings is 1. The van der Waals surface area contributed by atoms with E-state index in [0.717, 1.165) is 25.9 Å². The minimum Gasteiger partial charge on any atom is -0.391 e. The van der Waals surface area contributed by atoms with Crippen LogP contribution in [0.5, 0.6) is 0 Å². The Labute approximate surface area is 124 Å². The molecule has 114 valence electrons. The largest absolute Gasteiger partial charge is 0.391 e. The van der Waals surface area contributed by atoms with Gasteiger partial charge < -0.3 is 9.84 Å². The van der Waals surface area contributed by atoms with Gasteiger partial charge in [0.15, 0.2) is 0 Å². The number of sulfonamides is 1. The van der Waals surface area contributed by atoms with Crippen molar-refractivity contribution in [3.8, 4) is 0 Å². The quantitative estimate of drug-likeness (QED) is 0.838. The molecule has 0 aromatic carbocycles. The molecule has 0 spiro atoms. The van der Waals surface area contributed by atoms with Crippen LogP contribution in [-0.4, -0.2) is 32.8 Å². The molecule has 1 aromatic rings. The van der Waals surface area contributed by atoms with E-state index in [0.29, 0.717) is 22.7 Å². The summed E-state index contributed by atoms with van der Waals surface area (Å²) in [5, 5.41) is 9.07. The monoisotopic (exact) mass is 319 g/mol. The highest BCUT2D eigenvalue weighted by atomic mass is 32.2. The highest BCUT2D eigenvalue weighted by Gasteiger charge is 2.20. The van der Waals surface area contributed by atoms with Crippen LogP contribution < -0.4 is 4.72 Å². The van der Waals surface area contributed by atoms with Crippen LogP contribution in [0, 0.1) is 6.92 Å². The average molecular weight is 319 g/mol. The Morgan fingerprint density at radius 3 is 2.90 bits per heavy atom. The number of aryl methyl sites for hydroxylation is 1. The van der Waals surface area contributed by atoms with Crippen LogP contribution in [0.15, 0.2) is 11.0 Å². The first-order valence-corrected chi connectivity index (χ1v) is 9.14. The topological polar surface area (TPSA) is 75.6 Å². The lowest BCUT2D eigenvalue weighted by Gasteiger charge is -2.22. The fourth-order valence-corrected chi connectivity index (χ4v) is 4.88. The van der Waals surface area contributed by atoms with E-state index in [4.69, 9.17) is 9.84 Å². The number of aliphatic hydroxyl groups excluding tert-OH is 1. The molecule has 2 N–H and O–H groups in total. The third kappa shape index (κ3) is 4.02. The van der Waals surface area contributed by atoms with Crippen LogP contribution in [0.3, 0.4) is 0 Å². The van der Waals surface area contributed by atoms with Gasteiger partial charge in [-0.2, -0.15) is 0 Å². The zero-order valence-corrected chi connectivity index (χ0v) is 13.2. The van der Waals surface area contributed by atoms with E-state index in [2.05, 4.69) is 4.72 Å². The van der Waals surface area contributed by atoms with Gasteiger partial charge in [0.1, 0.15) is 0 Å². The maximum atomic E-state index is 12.2. The molecule has 1 fully saturated rings. The van der Waals surface area contributed by atoms with E-state index in [1.54, 1.807) is 13.0 Å². The smallest absolute Gasteiger partial charge is 0.241 e. The summed E-state index contributed by atoms with van der Waals surface area (Å²) in [6, 6.07) is 1.54. The van der Waals surface area contributed by atoms with Crippen molar-refractivity contribution in [3.05, 3.63) is 15.8 Å². The maximum Gasteiger partial charge on any atom is 0.241 e. The molecule has 5 nitrogen and oxygen atoms in total. The molecule has 7 heteroatoms. The van der Waals surface area contributed by atoms with Crippen molar-refractivity contribution in [2.75, 3.05) is 13.2 Å². The first-order valence-electron chi connectivity index (χ1n) is 6.84. The normalized spacial score (nSPS) is 20.2. The summed E-state index contributed by atoms with van der Waals surface area (Å²) in [6.45, 7) is 2.79. The lowest BCUT2D eigenvalue weighted by Crippen LogP contribution is -2.29. The molecule has 0 aliphatic carbocycles. The summed E-state index contributed by atoms with van der Waals surface area (Å²) >= 11 is 1.31. The number of ether oxygens (including phenoxy) is 1. The average Bonchev–Trinajstić information content (AvgIpc) is 2.82. The van der Waals surface area contributed by atoms with Crippen LogP contribution in [0.1, 0.15) is 35.4 Å². The van der Waals surface area contributed by atoms with E-state index in [-0.39, 0.29) is 17.6 Å². The highest BCUT2D eigenvalue weighted by Crippen LogP contribution is 2.25. The number of rotatable bonds is 6. The fraction of sp³-hybridized carbons (Fsp3) is 0.692. The third-order valence-corrected chi connectivity index (χ3v) is 6.15. The van der Waals surface area contributed by atoms with Gasteiger partial charge in [-0.3, -0.25) is 0 Å². The zero-order chi connectivity index (χ0) is 14.6. The standard InChI is InChI=1S/C13H21NO4S2/c1-10-13(8-12(9-15)19-10)20(16,17)14-6-5-11-4-2-3-7-18-11/h8,11,14-15H,2-7,9H2,1H3. The number of aliphatic hydroxyl groups is 1. The van der Waals surface area contributed by atoms with Gasteiger partial charge in [0.05, 0.1) is 17.6 Å². The summed E-state index contributed by atoms with van der Waals surface area (Å²) in [4.78, 5) is 1.64. The molecule has 0 amide bonds. The van der Waals surface area contributed by atoms with E-state index >= 15 is 0 Å². The molecule has 0 bridgehead atoms. The van der Waals surface area contributed by atoms with Crippen molar-refractivity contribution in [2.45, 2.75) is 50.2 Å². The summed E-state index contributed by atoms with van der Waals surface area (Å²) in [5.41, 5.74) is 0. The molecule has 20 heavy (non-hydrogen) atoms. The molecule has 1 atom stereocenters. The van der Waals surface area contributed by atoms with Crippen LogP contribution >= 0.6 is 11.3 Å². The van der Waals surface area contributed by atoms with E-state index in [1.807, 2.05) is 0 Å². The van der Waals surface area contributed by atoms with Crippen LogP contribution in [0.25, 0.3) is 0 Å². The molecule has 0 radical (unpaired) electrons. The molecule has 1 aliphatic rings. The Bertz CT molecular complexity index is 533. The molecule has 1 aliphatic heterocycles. The first kappa shape index (κ1) is 15.9. The van der Waals surface area contributed by atoms with E-state index < -0.39 is 10.0 Å². The zero-order valence-electron chi connectivity index (χ0n) is 11.6. The third-order valence-electron chi connectivity index (χ3n) is 3.40. The summed E-state index contributed by atoms with van der Waals surface area (Å²) in [6.07, 6.45) is 4.13. The van der Waals surface area contributed by atoms with Crippen molar-refractivity contribution in [3.63, 3.8) is 0 Å².